The van der Waals surface area contributed by atoms with Crippen LogP contribution in [-0.2, 0) is 14.3 Å². The molecule has 2 saturated heterocycles. The van der Waals surface area contributed by atoms with E-state index in [9.17, 15) is 9.59 Å². The second-order valence-electron chi connectivity index (χ2n) is 5.31. The first kappa shape index (κ1) is 14.3. The highest BCUT2D eigenvalue weighted by Crippen LogP contribution is 2.22. The number of ether oxygens (including phenoxy) is 1. The van der Waals surface area contributed by atoms with Crippen molar-refractivity contribution >= 4 is 11.9 Å². The van der Waals surface area contributed by atoms with Crippen molar-refractivity contribution in [1.82, 2.24) is 9.80 Å². The van der Waals surface area contributed by atoms with E-state index in [-0.39, 0.29) is 31.1 Å². The summed E-state index contributed by atoms with van der Waals surface area (Å²) in [6, 6.07) is 0.0463. The lowest BCUT2D eigenvalue weighted by atomic mass is 10.0. The van der Waals surface area contributed by atoms with Gasteiger partial charge in [-0.05, 0) is 19.3 Å². The number of carboxylic acid groups (broad SMARTS) is 1. The Morgan fingerprint density at radius 2 is 2.00 bits per heavy atom. The van der Waals surface area contributed by atoms with E-state index in [1.165, 1.54) is 0 Å². The van der Waals surface area contributed by atoms with Gasteiger partial charge in [-0.1, -0.05) is 0 Å². The largest absolute Gasteiger partial charge is 0.481 e. The molecule has 0 saturated carbocycles. The van der Waals surface area contributed by atoms with Gasteiger partial charge in [0.15, 0.2) is 0 Å². The van der Waals surface area contributed by atoms with Crippen LogP contribution in [0.3, 0.4) is 0 Å². The van der Waals surface area contributed by atoms with Crippen LogP contribution in [0.4, 0.5) is 0 Å². The molecule has 0 radical (unpaired) electrons. The van der Waals surface area contributed by atoms with Crippen molar-refractivity contribution in [1.29, 1.82) is 0 Å². The second kappa shape index (κ2) is 6.34. The Hall–Kier alpha value is -1.14. The standard InChI is InChI=1S/C13H22N2O4/c1-14-6-4-11(13(14)18)15-7-2-10(3-8-15)19-9-5-12(16)17/h10-11H,2-9H2,1H3,(H,16,17). The van der Waals surface area contributed by atoms with Gasteiger partial charge in [-0.2, -0.15) is 0 Å². The maximum atomic E-state index is 11.9. The number of piperidine rings is 1. The molecule has 6 nitrogen and oxygen atoms in total. The summed E-state index contributed by atoms with van der Waals surface area (Å²) in [5.41, 5.74) is 0. The van der Waals surface area contributed by atoms with Gasteiger partial charge >= 0.3 is 5.97 Å². The van der Waals surface area contributed by atoms with Crippen molar-refractivity contribution in [2.75, 3.05) is 33.3 Å². The Morgan fingerprint density at radius 3 is 2.53 bits per heavy atom. The van der Waals surface area contributed by atoms with Crippen molar-refractivity contribution in [3.63, 3.8) is 0 Å². The van der Waals surface area contributed by atoms with Gasteiger partial charge in [0.05, 0.1) is 25.2 Å². The Balaban J connectivity index is 1.70. The summed E-state index contributed by atoms with van der Waals surface area (Å²) in [5, 5.41) is 8.55. The second-order valence-corrected chi connectivity index (χ2v) is 5.31. The first-order valence-corrected chi connectivity index (χ1v) is 6.90. The Labute approximate surface area is 113 Å². The third-order valence-corrected chi connectivity index (χ3v) is 3.99. The van der Waals surface area contributed by atoms with Gasteiger partial charge in [0.1, 0.15) is 0 Å². The van der Waals surface area contributed by atoms with Crippen LogP contribution in [0, 0.1) is 0 Å². The number of likely N-dealkylation sites (N-methyl/N-ethyl adjacent to an activating group) is 1. The van der Waals surface area contributed by atoms with E-state index in [0.717, 1.165) is 38.9 Å². The number of carboxylic acids is 1. The zero-order chi connectivity index (χ0) is 13.8. The maximum absolute atomic E-state index is 11.9. The fourth-order valence-electron chi connectivity index (χ4n) is 2.81. The van der Waals surface area contributed by atoms with Gasteiger partial charge in [0.25, 0.3) is 0 Å². The highest BCUT2D eigenvalue weighted by Gasteiger charge is 2.35. The molecule has 108 valence electrons. The molecule has 1 N–H and O–H groups in total. The van der Waals surface area contributed by atoms with Crippen molar-refractivity contribution < 1.29 is 19.4 Å². The monoisotopic (exact) mass is 270 g/mol. The number of hydrogen-bond acceptors (Lipinski definition) is 4. The third-order valence-electron chi connectivity index (χ3n) is 3.99. The number of rotatable bonds is 5. The van der Waals surface area contributed by atoms with E-state index >= 15 is 0 Å². The van der Waals surface area contributed by atoms with Crippen LogP contribution in [0.25, 0.3) is 0 Å². The number of carbonyl (C=O) groups excluding carboxylic acids is 1. The first-order valence-electron chi connectivity index (χ1n) is 6.90. The van der Waals surface area contributed by atoms with Crippen LogP contribution in [-0.4, -0.2) is 72.2 Å². The normalized spacial score (nSPS) is 26.1. The summed E-state index contributed by atoms with van der Waals surface area (Å²) in [4.78, 5) is 26.4. The summed E-state index contributed by atoms with van der Waals surface area (Å²) in [6.45, 7) is 2.85. The number of hydrogen-bond donors (Lipinski definition) is 1. The SMILES string of the molecule is CN1CCC(N2CCC(OCCC(=O)O)CC2)C1=O. The van der Waals surface area contributed by atoms with Crippen LogP contribution in [0.2, 0.25) is 0 Å². The number of likely N-dealkylation sites (tertiary alicyclic amines) is 2. The van der Waals surface area contributed by atoms with Crippen LogP contribution >= 0.6 is 0 Å². The first-order chi connectivity index (χ1) is 9.08. The van der Waals surface area contributed by atoms with Crippen LogP contribution in [0.5, 0.6) is 0 Å². The van der Waals surface area contributed by atoms with Crippen molar-refractivity contribution in [3.8, 4) is 0 Å². The molecule has 2 aliphatic rings. The molecule has 0 aromatic rings. The van der Waals surface area contributed by atoms with E-state index in [1.807, 2.05) is 7.05 Å². The topological polar surface area (TPSA) is 70.1 Å². The Morgan fingerprint density at radius 1 is 1.32 bits per heavy atom. The molecule has 1 atom stereocenters. The Bertz CT molecular complexity index is 340. The predicted molar refractivity (Wildman–Crippen MR) is 68.8 cm³/mol. The van der Waals surface area contributed by atoms with Crippen LogP contribution in [0.15, 0.2) is 0 Å². The molecule has 1 unspecified atom stereocenters. The minimum Gasteiger partial charge on any atom is -0.481 e. The molecular weight excluding hydrogens is 248 g/mol. The lowest BCUT2D eigenvalue weighted by Gasteiger charge is -2.34. The molecule has 19 heavy (non-hydrogen) atoms. The lowest BCUT2D eigenvalue weighted by Crippen LogP contribution is -2.46. The molecule has 6 heteroatoms. The van der Waals surface area contributed by atoms with Gasteiger partial charge in [0, 0.05) is 26.7 Å². The van der Waals surface area contributed by atoms with Gasteiger partial charge in [-0.15, -0.1) is 0 Å². The van der Waals surface area contributed by atoms with E-state index < -0.39 is 5.97 Å². The average Bonchev–Trinajstić information content (AvgIpc) is 2.71. The predicted octanol–water partition coefficient (Wildman–Crippen LogP) is 0.173. The van der Waals surface area contributed by atoms with Gasteiger partial charge in [-0.3, -0.25) is 14.5 Å². The smallest absolute Gasteiger partial charge is 0.305 e. The molecule has 1 amide bonds. The Kier molecular flexibility index (Phi) is 4.76. The molecule has 0 aromatic heterocycles. The van der Waals surface area contributed by atoms with E-state index in [1.54, 1.807) is 4.90 Å². The van der Waals surface area contributed by atoms with E-state index in [2.05, 4.69) is 4.90 Å². The zero-order valence-electron chi connectivity index (χ0n) is 11.4. The van der Waals surface area contributed by atoms with Crippen LogP contribution < -0.4 is 0 Å². The van der Waals surface area contributed by atoms with Gasteiger partial charge < -0.3 is 14.7 Å². The zero-order valence-corrected chi connectivity index (χ0v) is 11.4. The number of amides is 1. The number of carbonyl (C=O) groups is 2. The van der Waals surface area contributed by atoms with Crippen molar-refractivity contribution in [2.45, 2.75) is 37.8 Å². The fourth-order valence-corrected chi connectivity index (χ4v) is 2.81. The molecule has 0 aliphatic carbocycles. The fraction of sp³-hybridized carbons (Fsp3) is 0.846. The number of nitrogens with zero attached hydrogens (tertiary/aromatic N) is 2. The van der Waals surface area contributed by atoms with E-state index in [4.69, 9.17) is 9.84 Å². The summed E-state index contributed by atoms with van der Waals surface area (Å²) < 4.78 is 5.55. The summed E-state index contributed by atoms with van der Waals surface area (Å²) in [5.74, 6) is -0.595. The quantitative estimate of drug-likeness (QED) is 0.771. The summed E-state index contributed by atoms with van der Waals surface area (Å²) >= 11 is 0. The maximum Gasteiger partial charge on any atom is 0.305 e. The van der Waals surface area contributed by atoms with E-state index in [0.29, 0.717) is 0 Å². The minimum absolute atomic E-state index is 0.0463. The van der Waals surface area contributed by atoms with Crippen molar-refractivity contribution in [2.24, 2.45) is 0 Å². The molecule has 0 spiro atoms. The van der Waals surface area contributed by atoms with Gasteiger partial charge in [0.2, 0.25) is 5.91 Å². The highest BCUT2D eigenvalue weighted by molar-refractivity contribution is 5.83. The molecule has 2 fully saturated rings. The molecule has 2 rings (SSSR count). The minimum atomic E-state index is -0.822. The van der Waals surface area contributed by atoms with Gasteiger partial charge in [-0.25, -0.2) is 0 Å². The number of aliphatic carboxylic acids is 1. The lowest BCUT2D eigenvalue weighted by molar-refractivity contribution is -0.139. The highest BCUT2D eigenvalue weighted by atomic mass is 16.5. The molecule has 0 bridgehead atoms. The third kappa shape index (κ3) is 3.67. The summed E-state index contributed by atoms with van der Waals surface area (Å²) in [6.07, 6.45) is 2.89. The molecular formula is C13H22N2O4. The van der Waals surface area contributed by atoms with Crippen LogP contribution in [0.1, 0.15) is 25.7 Å². The van der Waals surface area contributed by atoms with Crippen molar-refractivity contribution in [3.05, 3.63) is 0 Å². The average molecular weight is 270 g/mol. The summed E-state index contributed by atoms with van der Waals surface area (Å²) in [7, 11) is 1.85. The molecule has 0 aromatic carbocycles. The molecule has 2 heterocycles. The molecule has 2 aliphatic heterocycles.